The van der Waals surface area contributed by atoms with Gasteiger partial charge in [0.05, 0.1) is 12.7 Å². The maximum Gasteiger partial charge on any atom is 0.340 e. The lowest BCUT2D eigenvalue weighted by atomic mass is 9.93. The molecule has 5 nitrogen and oxygen atoms in total. The van der Waals surface area contributed by atoms with Crippen LogP contribution in [-0.4, -0.2) is 31.0 Å². The van der Waals surface area contributed by atoms with Crippen LogP contribution in [0.5, 0.6) is 0 Å². The average Bonchev–Trinajstić information content (AvgIpc) is 2.72. The number of benzene rings is 2. The Bertz CT molecular complexity index is 796. The molecule has 0 aromatic heterocycles. The van der Waals surface area contributed by atoms with Crippen LogP contribution in [0.4, 0.5) is 4.39 Å². The zero-order valence-electron chi connectivity index (χ0n) is 15.1. The first kappa shape index (κ1) is 19.0. The fraction of sp³-hybridized carbons (Fsp3) is 0.333. The van der Waals surface area contributed by atoms with Gasteiger partial charge in [0, 0.05) is 18.2 Å². The quantitative estimate of drug-likeness (QED) is 0.567. The zero-order valence-corrected chi connectivity index (χ0v) is 15.1. The second-order valence-corrected chi connectivity index (χ2v) is 6.48. The van der Waals surface area contributed by atoms with Gasteiger partial charge in [0.2, 0.25) is 0 Å². The third kappa shape index (κ3) is 4.17. The van der Waals surface area contributed by atoms with Crippen molar-refractivity contribution in [1.29, 1.82) is 0 Å². The van der Waals surface area contributed by atoms with Crippen molar-refractivity contribution in [3.05, 3.63) is 71.0 Å². The molecule has 0 bridgehead atoms. The Labute approximate surface area is 157 Å². The molecule has 0 N–H and O–H groups in total. The van der Waals surface area contributed by atoms with Crippen LogP contribution in [0.25, 0.3) is 0 Å². The van der Waals surface area contributed by atoms with Crippen LogP contribution in [-0.2, 0) is 14.3 Å². The smallest absolute Gasteiger partial charge is 0.340 e. The summed E-state index contributed by atoms with van der Waals surface area (Å²) in [6, 6.07) is 13.9. The number of carbonyl (C=O) groups excluding carboxylic acids is 2. The Morgan fingerprint density at radius 3 is 2.67 bits per heavy atom. The van der Waals surface area contributed by atoms with E-state index in [0.717, 1.165) is 36.9 Å². The van der Waals surface area contributed by atoms with Gasteiger partial charge in [-0.2, -0.15) is 0 Å². The molecule has 1 aliphatic rings. The summed E-state index contributed by atoms with van der Waals surface area (Å²) in [4.78, 5) is 24.8. The third-order valence-electron chi connectivity index (χ3n) is 4.90. The first-order valence-corrected chi connectivity index (χ1v) is 8.93. The molecule has 1 saturated heterocycles. The molecule has 2 aromatic rings. The van der Waals surface area contributed by atoms with E-state index in [1.165, 1.54) is 19.2 Å². The summed E-state index contributed by atoms with van der Waals surface area (Å²) in [6.07, 6.45) is 2.22. The highest BCUT2D eigenvalue weighted by Crippen LogP contribution is 2.38. The third-order valence-corrected chi connectivity index (χ3v) is 4.90. The van der Waals surface area contributed by atoms with E-state index >= 15 is 0 Å². The van der Waals surface area contributed by atoms with Gasteiger partial charge in [-0.1, -0.05) is 42.8 Å². The summed E-state index contributed by atoms with van der Waals surface area (Å²) < 4.78 is 24.4. The molecule has 3 rings (SSSR count). The summed E-state index contributed by atoms with van der Waals surface area (Å²) in [6.45, 7) is 1.17. The molecule has 27 heavy (non-hydrogen) atoms. The van der Waals surface area contributed by atoms with E-state index in [2.05, 4.69) is 9.64 Å². The summed E-state index contributed by atoms with van der Waals surface area (Å²) in [5.74, 6) is -1.32. The molecule has 0 aliphatic carbocycles. The number of esters is 1. The maximum atomic E-state index is 14.4. The monoisotopic (exact) mass is 371 g/mol. The second kappa shape index (κ2) is 8.77. The SMILES string of the molecule is COC(=O)c1ccc(C2CCCCN2C(OC=O)c2ccccc2)cc1F. The first-order valence-electron chi connectivity index (χ1n) is 8.93. The minimum absolute atomic E-state index is 0.0904. The van der Waals surface area contributed by atoms with Crippen molar-refractivity contribution in [2.24, 2.45) is 0 Å². The molecule has 1 aliphatic heterocycles. The van der Waals surface area contributed by atoms with Gasteiger partial charge < -0.3 is 9.47 Å². The van der Waals surface area contributed by atoms with Crippen molar-refractivity contribution < 1.29 is 23.5 Å². The van der Waals surface area contributed by atoms with Gasteiger partial charge >= 0.3 is 5.97 Å². The average molecular weight is 371 g/mol. The Balaban J connectivity index is 1.94. The van der Waals surface area contributed by atoms with E-state index in [4.69, 9.17) is 4.74 Å². The molecular formula is C21H22FNO4. The molecular weight excluding hydrogens is 349 g/mol. The molecule has 142 valence electrons. The van der Waals surface area contributed by atoms with Crippen LogP contribution in [0.3, 0.4) is 0 Å². The maximum absolute atomic E-state index is 14.4. The van der Waals surface area contributed by atoms with Crippen LogP contribution >= 0.6 is 0 Å². The number of nitrogens with zero attached hydrogens (tertiary/aromatic N) is 1. The normalized spacial score (nSPS) is 18.5. The summed E-state index contributed by atoms with van der Waals surface area (Å²) in [5.41, 5.74) is 1.52. The van der Waals surface area contributed by atoms with E-state index in [1.807, 2.05) is 30.3 Å². The van der Waals surface area contributed by atoms with E-state index in [0.29, 0.717) is 6.47 Å². The van der Waals surface area contributed by atoms with E-state index in [-0.39, 0.29) is 11.6 Å². The van der Waals surface area contributed by atoms with Crippen molar-refractivity contribution in [3.63, 3.8) is 0 Å². The van der Waals surface area contributed by atoms with E-state index in [9.17, 15) is 14.0 Å². The van der Waals surface area contributed by atoms with E-state index < -0.39 is 18.0 Å². The topological polar surface area (TPSA) is 55.8 Å². The highest BCUT2D eigenvalue weighted by molar-refractivity contribution is 5.89. The Morgan fingerprint density at radius 1 is 1.22 bits per heavy atom. The van der Waals surface area contributed by atoms with Gasteiger partial charge in [0.1, 0.15) is 5.82 Å². The van der Waals surface area contributed by atoms with Gasteiger partial charge in [-0.15, -0.1) is 0 Å². The van der Waals surface area contributed by atoms with Crippen molar-refractivity contribution in [2.45, 2.75) is 31.5 Å². The standard InChI is InChI=1S/C21H22FNO4/c1-26-21(25)17-11-10-16(13-18(17)22)19-9-5-6-12-23(19)20(27-14-24)15-7-3-2-4-8-15/h2-4,7-8,10-11,13-14,19-20H,5-6,9,12H2,1H3. The van der Waals surface area contributed by atoms with E-state index in [1.54, 1.807) is 6.07 Å². The molecule has 0 radical (unpaired) electrons. The first-order chi connectivity index (χ1) is 13.2. The molecule has 2 aromatic carbocycles. The Hall–Kier alpha value is -2.73. The predicted octanol–water partition coefficient (Wildman–Crippen LogP) is 4.01. The Kier molecular flexibility index (Phi) is 6.19. The lowest BCUT2D eigenvalue weighted by Crippen LogP contribution is -2.38. The molecule has 1 heterocycles. The zero-order chi connectivity index (χ0) is 19.2. The van der Waals surface area contributed by atoms with Gasteiger partial charge in [0.15, 0.2) is 6.23 Å². The lowest BCUT2D eigenvalue weighted by Gasteiger charge is -2.40. The number of ether oxygens (including phenoxy) is 2. The van der Waals surface area contributed by atoms with Gasteiger partial charge in [-0.3, -0.25) is 9.69 Å². The summed E-state index contributed by atoms with van der Waals surface area (Å²) in [7, 11) is 1.22. The number of piperidine rings is 1. The second-order valence-electron chi connectivity index (χ2n) is 6.48. The van der Waals surface area contributed by atoms with Gasteiger partial charge in [-0.25, -0.2) is 9.18 Å². The largest absolute Gasteiger partial charge is 0.465 e. The predicted molar refractivity (Wildman–Crippen MR) is 97.4 cm³/mol. The van der Waals surface area contributed by atoms with Crippen LogP contribution in [0.1, 0.15) is 53.0 Å². The fourth-order valence-electron chi connectivity index (χ4n) is 3.63. The Morgan fingerprint density at radius 2 is 2.00 bits per heavy atom. The number of halogens is 1. The van der Waals surface area contributed by atoms with Crippen LogP contribution < -0.4 is 0 Å². The molecule has 6 heteroatoms. The fourth-order valence-corrected chi connectivity index (χ4v) is 3.63. The number of hydrogen-bond acceptors (Lipinski definition) is 5. The van der Waals surface area contributed by atoms with Crippen LogP contribution in [0.15, 0.2) is 48.5 Å². The van der Waals surface area contributed by atoms with Crippen molar-refractivity contribution in [1.82, 2.24) is 4.90 Å². The number of likely N-dealkylation sites (tertiary alicyclic amines) is 1. The van der Waals surface area contributed by atoms with Crippen LogP contribution in [0.2, 0.25) is 0 Å². The van der Waals surface area contributed by atoms with Crippen molar-refractivity contribution in [3.8, 4) is 0 Å². The summed E-state index contributed by atoms with van der Waals surface area (Å²) >= 11 is 0. The van der Waals surface area contributed by atoms with Crippen molar-refractivity contribution >= 4 is 12.4 Å². The molecule has 1 fully saturated rings. The molecule has 2 unspecified atom stereocenters. The van der Waals surface area contributed by atoms with Crippen LogP contribution in [0, 0.1) is 5.82 Å². The molecule has 0 saturated carbocycles. The summed E-state index contributed by atoms with van der Waals surface area (Å²) in [5, 5.41) is 0. The number of carbonyl (C=O) groups is 2. The van der Waals surface area contributed by atoms with Gasteiger partial charge in [-0.05, 0) is 30.5 Å². The number of methoxy groups -OCH3 is 1. The van der Waals surface area contributed by atoms with Crippen molar-refractivity contribution in [2.75, 3.05) is 13.7 Å². The number of rotatable bonds is 6. The minimum Gasteiger partial charge on any atom is -0.465 e. The molecule has 2 atom stereocenters. The van der Waals surface area contributed by atoms with Gasteiger partial charge in [0.25, 0.3) is 6.47 Å². The highest BCUT2D eigenvalue weighted by Gasteiger charge is 2.32. The highest BCUT2D eigenvalue weighted by atomic mass is 19.1. The molecule has 0 amide bonds. The number of hydrogen-bond donors (Lipinski definition) is 0. The lowest BCUT2D eigenvalue weighted by molar-refractivity contribution is -0.149. The molecule has 0 spiro atoms. The minimum atomic E-state index is -0.703.